The van der Waals surface area contributed by atoms with Crippen molar-refractivity contribution >= 4 is 10.9 Å². The van der Waals surface area contributed by atoms with Crippen molar-refractivity contribution in [2.75, 3.05) is 13.6 Å². The Bertz CT molecular complexity index is 908. The zero-order valence-electron chi connectivity index (χ0n) is 15.2. The molecule has 2 aromatic carbocycles. The Kier molecular flexibility index (Phi) is 4.12. The van der Waals surface area contributed by atoms with E-state index < -0.39 is 0 Å². The van der Waals surface area contributed by atoms with Crippen LogP contribution in [0.1, 0.15) is 35.3 Å². The van der Waals surface area contributed by atoms with E-state index in [1.54, 1.807) is 12.1 Å². The molecule has 0 radical (unpaired) electrons. The molecule has 0 saturated carbocycles. The standard InChI is InChI=1S/C22H25FN2/c1-15-4-9-20-19(14-15)22-16(2)24(3)12-11-21(22)25(20)13-10-17-5-7-18(23)8-6-17/h4-9,14,16H,10-13H2,1-3H3. The van der Waals surface area contributed by atoms with E-state index in [2.05, 4.69) is 48.6 Å². The lowest BCUT2D eigenvalue weighted by atomic mass is 9.97. The number of nitrogens with zero attached hydrogens (tertiary/aromatic N) is 2. The lowest BCUT2D eigenvalue weighted by Gasteiger charge is -2.31. The van der Waals surface area contributed by atoms with Gasteiger partial charge >= 0.3 is 0 Å². The van der Waals surface area contributed by atoms with Gasteiger partial charge in [0.05, 0.1) is 0 Å². The van der Waals surface area contributed by atoms with Crippen LogP contribution in [0, 0.1) is 12.7 Å². The van der Waals surface area contributed by atoms with Crippen molar-refractivity contribution < 1.29 is 4.39 Å². The van der Waals surface area contributed by atoms with Crippen molar-refractivity contribution in [3.63, 3.8) is 0 Å². The summed E-state index contributed by atoms with van der Waals surface area (Å²) < 4.78 is 15.6. The zero-order chi connectivity index (χ0) is 17.6. The molecule has 0 fully saturated rings. The second kappa shape index (κ2) is 6.30. The molecule has 2 nitrogen and oxygen atoms in total. The van der Waals surface area contributed by atoms with Crippen LogP contribution in [0.25, 0.3) is 10.9 Å². The average Bonchev–Trinajstić information content (AvgIpc) is 2.91. The van der Waals surface area contributed by atoms with E-state index in [4.69, 9.17) is 0 Å². The molecule has 0 aliphatic carbocycles. The van der Waals surface area contributed by atoms with E-state index in [1.807, 2.05) is 12.1 Å². The normalized spacial score (nSPS) is 17.8. The number of hydrogen-bond donors (Lipinski definition) is 0. The first kappa shape index (κ1) is 16.3. The van der Waals surface area contributed by atoms with Gasteiger partial charge in [0.1, 0.15) is 5.82 Å². The number of aryl methyl sites for hydroxylation is 3. The Morgan fingerprint density at radius 3 is 2.64 bits per heavy atom. The molecular formula is C22H25FN2. The Morgan fingerprint density at radius 2 is 1.88 bits per heavy atom. The minimum absolute atomic E-state index is 0.167. The smallest absolute Gasteiger partial charge is 0.123 e. The number of likely N-dealkylation sites (N-methyl/N-ethyl adjacent to an activating group) is 1. The van der Waals surface area contributed by atoms with Gasteiger partial charge in [0.15, 0.2) is 0 Å². The van der Waals surface area contributed by atoms with Crippen molar-refractivity contribution in [2.45, 2.75) is 39.3 Å². The molecule has 1 aliphatic rings. The van der Waals surface area contributed by atoms with E-state index in [-0.39, 0.29) is 5.82 Å². The maximum absolute atomic E-state index is 13.1. The highest BCUT2D eigenvalue weighted by Gasteiger charge is 2.27. The highest BCUT2D eigenvalue weighted by Crippen LogP contribution is 2.37. The molecule has 0 N–H and O–H groups in total. The molecular weight excluding hydrogens is 311 g/mol. The first-order valence-electron chi connectivity index (χ1n) is 9.11. The van der Waals surface area contributed by atoms with E-state index in [0.717, 1.165) is 25.9 Å². The first-order valence-corrected chi connectivity index (χ1v) is 9.11. The van der Waals surface area contributed by atoms with Crippen LogP contribution in [0.5, 0.6) is 0 Å². The molecule has 25 heavy (non-hydrogen) atoms. The number of hydrogen-bond acceptors (Lipinski definition) is 1. The molecule has 3 aromatic rings. The summed E-state index contributed by atoms with van der Waals surface area (Å²) in [5.41, 5.74) is 6.80. The molecule has 0 amide bonds. The van der Waals surface area contributed by atoms with Crippen molar-refractivity contribution in [1.82, 2.24) is 9.47 Å². The summed E-state index contributed by atoms with van der Waals surface area (Å²) in [6.45, 7) is 6.51. The molecule has 130 valence electrons. The van der Waals surface area contributed by atoms with Crippen molar-refractivity contribution in [1.29, 1.82) is 0 Å². The second-order valence-corrected chi connectivity index (χ2v) is 7.32. The fourth-order valence-electron chi connectivity index (χ4n) is 4.13. The molecule has 1 unspecified atom stereocenters. The largest absolute Gasteiger partial charge is 0.344 e. The van der Waals surface area contributed by atoms with Gasteiger partial charge in [0, 0.05) is 42.1 Å². The summed E-state index contributed by atoms with van der Waals surface area (Å²) in [4.78, 5) is 2.44. The third-order valence-electron chi connectivity index (χ3n) is 5.69. The lowest BCUT2D eigenvalue weighted by Crippen LogP contribution is -2.31. The van der Waals surface area contributed by atoms with Crippen LogP contribution in [-0.2, 0) is 19.4 Å². The third kappa shape index (κ3) is 2.87. The summed E-state index contributed by atoms with van der Waals surface area (Å²) in [7, 11) is 2.21. The van der Waals surface area contributed by atoms with E-state index in [0.29, 0.717) is 6.04 Å². The van der Waals surface area contributed by atoms with Crippen LogP contribution < -0.4 is 0 Å². The summed E-state index contributed by atoms with van der Waals surface area (Å²) in [6, 6.07) is 14.1. The van der Waals surface area contributed by atoms with Gasteiger partial charge in [-0.15, -0.1) is 0 Å². The Labute approximate surface area is 148 Å². The maximum atomic E-state index is 13.1. The van der Waals surface area contributed by atoms with Crippen molar-refractivity contribution in [3.8, 4) is 0 Å². The number of fused-ring (bicyclic) bond motifs is 3. The minimum atomic E-state index is -0.167. The van der Waals surface area contributed by atoms with E-state index >= 15 is 0 Å². The highest BCUT2D eigenvalue weighted by atomic mass is 19.1. The van der Waals surface area contributed by atoms with Crippen LogP contribution in [-0.4, -0.2) is 23.1 Å². The molecule has 2 heterocycles. The zero-order valence-corrected chi connectivity index (χ0v) is 15.2. The number of benzene rings is 2. The fourth-order valence-corrected chi connectivity index (χ4v) is 4.13. The van der Waals surface area contributed by atoms with Crippen LogP contribution in [0.2, 0.25) is 0 Å². The lowest BCUT2D eigenvalue weighted by molar-refractivity contribution is 0.245. The molecule has 0 bridgehead atoms. The Morgan fingerprint density at radius 1 is 1.12 bits per heavy atom. The monoisotopic (exact) mass is 336 g/mol. The Hall–Kier alpha value is -2.13. The quantitative estimate of drug-likeness (QED) is 0.662. The maximum Gasteiger partial charge on any atom is 0.123 e. The number of halogens is 1. The predicted molar refractivity (Wildman–Crippen MR) is 102 cm³/mol. The second-order valence-electron chi connectivity index (χ2n) is 7.32. The summed E-state index contributed by atoms with van der Waals surface area (Å²) in [6.07, 6.45) is 2.02. The van der Waals surface area contributed by atoms with Gasteiger partial charge in [-0.3, -0.25) is 4.90 Å². The summed E-state index contributed by atoms with van der Waals surface area (Å²) in [5.74, 6) is -0.167. The van der Waals surface area contributed by atoms with Gasteiger partial charge in [-0.2, -0.15) is 0 Å². The summed E-state index contributed by atoms with van der Waals surface area (Å²) in [5, 5.41) is 1.40. The average molecular weight is 336 g/mol. The van der Waals surface area contributed by atoms with Crippen molar-refractivity contribution in [3.05, 3.63) is 70.7 Å². The molecule has 1 aliphatic heterocycles. The third-order valence-corrected chi connectivity index (χ3v) is 5.69. The minimum Gasteiger partial charge on any atom is -0.344 e. The van der Waals surface area contributed by atoms with Crippen LogP contribution in [0.15, 0.2) is 42.5 Å². The molecule has 3 heteroatoms. The summed E-state index contributed by atoms with van der Waals surface area (Å²) >= 11 is 0. The van der Waals surface area contributed by atoms with E-state index in [1.165, 1.54) is 33.3 Å². The first-order chi connectivity index (χ1) is 12.0. The van der Waals surface area contributed by atoms with Crippen molar-refractivity contribution in [2.24, 2.45) is 0 Å². The highest BCUT2D eigenvalue weighted by molar-refractivity contribution is 5.87. The molecule has 1 atom stereocenters. The van der Waals surface area contributed by atoms with Crippen LogP contribution in [0.3, 0.4) is 0 Å². The molecule has 4 rings (SSSR count). The Balaban J connectivity index is 1.76. The SMILES string of the molecule is Cc1ccc2c(c1)c1c(n2CCc2ccc(F)cc2)CCN(C)C1C. The fraction of sp³-hybridized carbons (Fsp3) is 0.364. The molecule has 1 aromatic heterocycles. The topological polar surface area (TPSA) is 8.17 Å². The predicted octanol–water partition coefficient (Wildman–Crippen LogP) is 4.88. The van der Waals surface area contributed by atoms with Gasteiger partial charge in [0.25, 0.3) is 0 Å². The number of rotatable bonds is 3. The van der Waals surface area contributed by atoms with Gasteiger partial charge < -0.3 is 4.57 Å². The van der Waals surface area contributed by atoms with Gasteiger partial charge in [0.2, 0.25) is 0 Å². The van der Waals surface area contributed by atoms with Gasteiger partial charge in [-0.25, -0.2) is 4.39 Å². The molecule has 0 spiro atoms. The van der Waals surface area contributed by atoms with Crippen LogP contribution >= 0.6 is 0 Å². The van der Waals surface area contributed by atoms with Crippen LogP contribution in [0.4, 0.5) is 4.39 Å². The van der Waals surface area contributed by atoms with Gasteiger partial charge in [-0.1, -0.05) is 23.8 Å². The number of aromatic nitrogens is 1. The van der Waals surface area contributed by atoms with Gasteiger partial charge in [-0.05, 0) is 62.7 Å². The molecule has 0 saturated heterocycles. The van der Waals surface area contributed by atoms with E-state index in [9.17, 15) is 4.39 Å².